The van der Waals surface area contributed by atoms with Crippen LogP contribution in [0.3, 0.4) is 0 Å². The maximum atomic E-state index is 14.5. The molecule has 5 rings (SSSR count). The van der Waals surface area contributed by atoms with Crippen molar-refractivity contribution in [2.45, 2.75) is 18.8 Å². The molecule has 0 spiro atoms. The average Bonchev–Trinajstić information content (AvgIpc) is 3.35. The number of carbonyl (C=O) groups excluding carboxylic acids is 1. The minimum Gasteiger partial charge on any atom is -0.379 e. The SMILES string of the molecule is O=C(CC(c1ccccc1)c1ccccc1)N(CCCN1CCOCC1)c1nc2c(F)cc(F)cc2s1. The second-order valence-corrected chi connectivity index (χ2v) is 10.2. The molecular weight excluding hydrogens is 492 g/mol. The van der Waals surface area contributed by atoms with E-state index in [2.05, 4.69) is 9.88 Å². The minimum absolute atomic E-state index is 0.0926. The zero-order valence-electron chi connectivity index (χ0n) is 20.5. The quantitative estimate of drug-likeness (QED) is 0.277. The number of carbonyl (C=O) groups is 1. The number of benzene rings is 3. The van der Waals surface area contributed by atoms with Crippen LogP contribution in [0.5, 0.6) is 0 Å². The van der Waals surface area contributed by atoms with Crippen LogP contribution in [0.4, 0.5) is 13.9 Å². The van der Waals surface area contributed by atoms with Gasteiger partial charge in [0.25, 0.3) is 0 Å². The van der Waals surface area contributed by atoms with Gasteiger partial charge in [-0.1, -0.05) is 72.0 Å². The third kappa shape index (κ3) is 6.21. The summed E-state index contributed by atoms with van der Waals surface area (Å²) in [5.74, 6) is -1.61. The van der Waals surface area contributed by atoms with E-state index >= 15 is 0 Å². The minimum atomic E-state index is -0.718. The van der Waals surface area contributed by atoms with E-state index in [4.69, 9.17) is 4.74 Å². The fourth-order valence-electron chi connectivity index (χ4n) is 4.75. The van der Waals surface area contributed by atoms with Gasteiger partial charge in [0.15, 0.2) is 10.9 Å². The van der Waals surface area contributed by atoms with Gasteiger partial charge in [-0.15, -0.1) is 0 Å². The topological polar surface area (TPSA) is 45.7 Å². The number of hydrogen-bond acceptors (Lipinski definition) is 5. The Morgan fingerprint density at radius 3 is 2.30 bits per heavy atom. The van der Waals surface area contributed by atoms with Crippen molar-refractivity contribution in [3.8, 4) is 0 Å². The summed E-state index contributed by atoms with van der Waals surface area (Å²) in [6.07, 6.45) is 0.970. The van der Waals surface area contributed by atoms with Crippen molar-refractivity contribution in [3.63, 3.8) is 0 Å². The molecule has 1 amide bonds. The molecule has 8 heteroatoms. The zero-order valence-corrected chi connectivity index (χ0v) is 21.3. The van der Waals surface area contributed by atoms with Gasteiger partial charge < -0.3 is 4.74 Å². The van der Waals surface area contributed by atoms with Crippen LogP contribution in [0.25, 0.3) is 10.2 Å². The van der Waals surface area contributed by atoms with E-state index < -0.39 is 11.6 Å². The van der Waals surface area contributed by atoms with E-state index in [0.29, 0.717) is 29.6 Å². The Labute approximate surface area is 219 Å². The smallest absolute Gasteiger partial charge is 0.229 e. The molecule has 0 saturated carbocycles. The molecule has 2 heterocycles. The molecule has 3 aromatic carbocycles. The van der Waals surface area contributed by atoms with Crippen LogP contribution in [0.1, 0.15) is 29.9 Å². The van der Waals surface area contributed by atoms with Gasteiger partial charge in [-0.3, -0.25) is 14.6 Å². The van der Waals surface area contributed by atoms with Crippen LogP contribution < -0.4 is 4.90 Å². The fraction of sp³-hybridized carbons (Fsp3) is 0.310. The summed E-state index contributed by atoms with van der Waals surface area (Å²) in [5, 5.41) is 0.395. The Hall–Kier alpha value is -3.20. The van der Waals surface area contributed by atoms with E-state index in [1.54, 1.807) is 4.90 Å². The maximum absolute atomic E-state index is 14.5. The van der Waals surface area contributed by atoms with Crippen molar-refractivity contribution in [1.82, 2.24) is 9.88 Å². The van der Waals surface area contributed by atoms with E-state index in [9.17, 15) is 13.6 Å². The van der Waals surface area contributed by atoms with Gasteiger partial charge in [-0.2, -0.15) is 0 Å². The summed E-state index contributed by atoms with van der Waals surface area (Å²) in [7, 11) is 0. The largest absolute Gasteiger partial charge is 0.379 e. The second kappa shape index (κ2) is 11.9. The highest BCUT2D eigenvalue weighted by Crippen LogP contribution is 2.34. The normalized spacial score (nSPS) is 14.4. The predicted octanol–water partition coefficient (Wildman–Crippen LogP) is 5.85. The molecule has 1 fully saturated rings. The maximum Gasteiger partial charge on any atom is 0.229 e. The van der Waals surface area contributed by atoms with E-state index in [1.165, 1.54) is 6.07 Å². The highest BCUT2D eigenvalue weighted by molar-refractivity contribution is 7.22. The molecule has 192 valence electrons. The first-order valence-corrected chi connectivity index (χ1v) is 13.4. The molecule has 1 aromatic heterocycles. The zero-order chi connectivity index (χ0) is 25.6. The first kappa shape index (κ1) is 25.4. The van der Waals surface area contributed by atoms with Gasteiger partial charge >= 0.3 is 0 Å². The van der Waals surface area contributed by atoms with Crippen molar-refractivity contribution in [2.75, 3.05) is 44.3 Å². The van der Waals surface area contributed by atoms with Crippen molar-refractivity contribution >= 4 is 32.6 Å². The molecule has 0 aliphatic carbocycles. The number of ether oxygens (including phenoxy) is 1. The Morgan fingerprint density at radius 1 is 1.00 bits per heavy atom. The van der Waals surface area contributed by atoms with Crippen LogP contribution in [0, 0.1) is 11.6 Å². The highest BCUT2D eigenvalue weighted by atomic mass is 32.1. The number of amides is 1. The number of thiazole rings is 1. The third-order valence-electron chi connectivity index (χ3n) is 6.68. The lowest BCUT2D eigenvalue weighted by atomic mass is 9.88. The number of nitrogens with zero attached hydrogens (tertiary/aromatic N) is 3. The second-order valence-electron chi connectivity index (χ2n) is 9.16. The fourth-order valence-corrected chi connectivity index (χ4v) is 5.80. The molecule has 4 aromatic rings. The lowest BCUT2D eigenvalue weighted by Gasteiger charge is -2.28. The molecule has 0 unspecified atom stereocenters. The molecule has 1 saturated heterocycles. The molecule has 5 nitrogen and oxygen atoms in total. The van der Waals surface area contributed by atoms with Gasteiger partial charge in [0.05, 0.1) is 17.9 Å². The van der Waals surface area contributed by atoms with Crippen molar-refractivity contribution < 1.29 is 18.3 Å². The molecule has 37 heavy (non-hydrogen) atoms. The van der Waals surface area contributed by atoms with Crippen LogP contribution >= 0.6 is 11.3 Å². The first-order chi connectivity index (χ1) is 18.1. The molecule has 0 radical (unpaired) electrons. The number of fused-ring (bicyclic) bond motifs is 1. The van der Waals surface area contributed by atoms with Gasteiger partial charge in [0.2, 0.25) is 5.91 Å². The van der Waals surface area contributed by atoms with Crippen molar-refractivity contribution in [3.05, 3.63) is 95.6 Å². The van der Waals surface area contributed by atoms with E-state index in [1.807, 2.05) is 60.7 Å². The number of anilines is 1. The number of halogens is 2. The first-order valence-electron chi connectivity index (χ1n) is 12.5. The average molecular weight is 522 g/mol. The summed E-state index contributed by atoms with van der Waals surface area (Å²) in [6.45, 7) is 4.41. The monoisotopic (exact) mass is 521 g/mol. The lowest BCUT2D eigenvalue weighted by Crippen LogP contribution is -2.39. The van der Waals surface area contributed by atoms with Gasteiger partial charge in [-0.25, -0.2) is 13.8 Å². The Morgan fingerprint density at radius 2 is 1.65 bits per heavy atom. The van der Waals surface area contributed by atoms with Crippen LogP contribution in [-0.2, 0) is 9.53 Å². The Balaban J connectivity index is 1.43. The van der Waals surface area contributed by atoms with E-state index in [0.717, 1.165) is 54.6 Å². The summed E-state index contributed by atoms with van der Waals surface area (Å²) in [5.41, 5.74) is 2.19. The number of morpholine rings is 1. The van der Waals surface area contributed by atoms with E-state index in [-0.39, 0.29) is 23.8 Å². The molecule has 1 aliphatic heterocycles. The van der Waals surface area contributed by atoms with Crippen LogP contribution in [-0.4, -0.2) is 55.2 Å². The molecular formula is C29H29F2N3O2S. The Bertz CT molecular complexity index is 1290. The lowest BCUT2D eigenvalue weighted by molar-refractivity contribution is -0.118. The number of rotatable bonds is 9. The van der Waals surface area contributed by atoms with Crippen LogP contribution in [0.15, 0.2) is 72.8 Å². The van der Waals surface area contributed by atoms with Gasteiger partial charge in [0, 0.05) is 44.6 Å². The molecule has 0 N–H and O–H groups in total. The third-order valence-corrected chi connectivity index (χ3v) is 7.70. The summed E-state index contributed by atoms with van der Waals surface area (Å²) < 4.78 is 34.1. The predicted molar refractivity (Wildman–Crippen MR) is 143 cm³/mol. The van der Waals surface area contributed by atoms with Crippen LogP contribution in [0.2, 0.25) is 0 Å². The number of hydrogen-bond donors (Lipinski definition) is 0. The summed E-state index contributed by atoms with van der Waals surface area (Å²) >= 11 is 1.15. The molecule has 0 bridgehead atoms. The Kier molecular flexibility index (Phi) is 8.18. The standard InChI is InChI=1S/C29H29F2N3O2S/c30-23-18-25(31)28-26(19-23)37-29(32-28)34(13-7-12-33-14-16-36-17-15-33)27(35)20-24(21-8-3-1-4-9-21)22-10-5-2-6-11-22/h1-6,8-11,18-19,24H,7,12-17,20H2. The summed E-state index contributed by atoms with van der Waals surface area (Å²) in [6, 6.07) is 22.0. The number of aromatic nitrogens is 1. The van der Waals surface area contributed by atoms with Gasteiger partial charge in [-0.05, 0) is 23.6 Å². The molecule has 1 aliphatic rings. The summed E-state index contributed by atoms with van der Waals surface area (Å²) in [4.78, 5) is 22.3. The highest BCUT2D eigenvalue weighted by Gasteiger charge is 2.26. The van der Waals surface area contributed by atoms with Crippen molar-refractivity contribution in [2.24, 2.45) is 0 Å². The van der Waals surface area contributed by atoms with Gasteiger partial charge in [0.1, 0.15) is 11.3 Å². The van der Waals surface area contributed by atoms with Crippen molar-refractivity contribution in [1.29, 1.82) is 0 Å². The molecule has 0 atom stereocenters.